The summed E-state index contributed by atoms with van der Waals surface area (Å²) in [6, 6.07) is 6.26. The summed E-state index contributed by atoms with van der Waals surface area (Å²) in [5, 5.41) is 13.7. The fraction of sp³-hybridized carbons (Fsp3) is 0.652. The molecule has 0 spiro atoms. The highest BCUT2D eigenvalue weighted by molar-refractivity contribution is 5.97. The number of imidazole rings is 1. The van der Waals surface area contributed by atoms with Crippen LogP contribution >= 0.6 is 0 Å². The fourth-order valence-corrected chi connectivity index (χ4v) is 5.20. The molecule has 4 rings (SSSR count). The summed E-state index contributed by atoms with van der Waals surface area (Å²) >= 11 is 0. The van der Waals surface area contributed by atoms with Crippen molar-refractivity contribution in [3.63, 3.8) is 0 Å². The largest absolute Gasteiger partial charge is 0.389 e. The first-order chi connectivity index (χ1) is 14.0. The second-order valence-corrected chi connectivity index (χ2v) is 8.88. The first kappa shape index (κ1) is 20.4. The van der Waals surface area contributed by atoms with Crippen LogP contribution in [0.2, 0.25) is 0 Å². The number of aryl methyl sites for hydroxylation is 1. The van der Waals surface area contributed by atoms with Crippen LogP contribution in [-0.4, -0.2) is 57.2 Å². The van der Waals surface area contributed by atoms with Crippen molar-refractivity contribution in [1.82, 2.24) is 19.8 Å². The smallest absolute Gasteiger partial charge is 0.251 e. The molecule has 1 amide bonds. The number of amides is 1. The van der Waals surface area contributed by atoms with Crippen molar-refractivity contribution in [3.05, 3.63) is 29.6 Å². The Morgan fingerprint density at radius 1 is 1.24 bits per heavy atom. The second-order valence-electron chi connectivity index (χ2n) is 8.88. The Kier molecular flexibility index (Phi) is 5.93. The minimum Gasteiger partial charge on any atom is -0.389 e. The van der Waals surface area contributed by atoms with Crippen LogP contribution < -0.4 is 5.32 Å². The van der Waals surface area contributed by atoms with Crippen molar-refractivity contribution in [2.75, 3.05) is 26.2 Å². The summed E-state index contributed by atoms with van der Waals surface area (Å²) in [4.78, 5) is 19.3. The van der Waals surface area contributed by atoms with Gasteiger partial charge in [0.05, 0.1) is 16.6 Å². The Morgan fingerprint density at radius 3 is 2.66 bits per heavy atom. The number of hydrogen-bond donors (Lipinski definition) is 2. The summed E-state index contributed by atoms with van der Waals surface area (Å²) < 4.78 is 2.35. The molecule has 2 heterocycles. The molecule has 2 N–H and O–H groups in total. The van der Waals surface area contributed by atoms with Crippen LogP contribution in [-0.2, 0) is 0 Å². The molecule has 2 aliphatic rings. The predicted octanol–water partition coefficient (Wildman–Crippen LogP) is 3.43. The number of β-amino-alcohol motifs (C(OH)–C–C–N with tert-alkyl or cyclic N) is 1. The molecule has 1 aromatic heterocycles. The van der Waals surface area contributed by atoms with Crippen LogP contribution in [0.3, 0.4) is 0 Å². The Hall–Kier alpha value is -1.92. The van der Waals surface area contributed by atoms with Crippen molar-refractivity contribution in [1.29, 1.82) is 0 Å². The zero-order chi connectivity index (χ0) is 20.4. The van der Waals surface area contributed by atoms with Gasteiger partial charge in [0.15, 0.2) is 0 Å². The van der Waals surface area contributed by atoms with Gasteiger partial charge in [-0.25, -0.2) is 4.98 Å². The number of nitrogens with zero attached hydrogens (tertiary/aromatic N) is 3. The Balaban J connectivity index is 1.45. The van der Waals surface area contributed by atoms with E-state index in [9.17, 15) is 9.90 Å². The number of piperidine rings is 1. The van der Waals surface area contributed by atoms with Crippen LogP contribution in [0.1, 0.15) is 74.1 Å². The lowest BCUT2D eigenvalue weighted by atomic mass is 9.84. The first-order valence-corrected chi connectivity index (χ1v) is 11.2. The van der Waals surface area contributed by atoms with Crippen LogP contribution in [0.4, 0.5) is 0 Å². The van der Waals surface area contributed by atoms with E-state index in [1.54, 1.807) is 0 Å². The van der Waals surface area contributed by atoms with Gasteiger partial charge < -0.3 is 19.9 Å². The van der Waals surface area contributed by atoms with E-state index in [1.165, 1.54) is 6.42 Å². The number of carbonyl (C=O) groups excluding carboxylic acids is 1. The summed E-state index contributed by atoms with van der Waals surface area (Å²) in [6.07, 6.45) is 7.62. The summed E-state index contributed by atoms with van der Waals surface area (Å²) in [5.41, 5.74) is 2.20. The molecule has 1 saturated heterocycles. The number of hydrogen-bond acceptors (Lipinski definition) is 4. The average molecular weight is 399 g/mol. The predicted molar refractivity (Wildman–Crippen MR) is 115 cm³/mol. The minimum absolute atomic E-state index is 0.0458. The number of benzene rings is 1. The molecular weight excluding hydrogens is 364 g/mol. The maximum atomic E-state index is 12.1. The minimum atomic E-state index is -0.474. The zero-order valence-corrected chi connectivity index (χ0v) is 17.8. The standard InChI is InChI=1S/C23H34N4O2/c1-3-24-22(28)18-7-8-21-20(15-18)25-17(2)27(21)19-9-13-26(14-10-19)16-23(29)11-5-4-6-12-23/h7-8,15,19,29H,3-6,9-14,16H2,1-2H3,(H,24,28). The third-order valence-electron chi connectivity index (χ3n) is 6.69. The van der Waals surface area contributed by atoms with E-state index < -0.39 is 5.60 Å². The van der Waals surface area contributed by atoms with Gasteiger partial charge >= 0.3 is 0 Å². The number of nitrogens with one attached hydrogen (secondary N) is 1. The number of fused-ring (bicyclic) bond motifs is 1. The molecule has 0 unspecified atom stereocenters. The maximum Gasteiger partial charge on any atom is 0.251 e. The van der Waals surface area contributed by atoms with Gasteiger partial charge in [-0.15, -0.1) is 0 Å². The highest BCUT2D eigenvalue weighted by Gasteiger charge is 2.33. The molecule has 1 aliphatic carbocycles. The van der Waals surface area contributed by atoms with Gasteiger partial charge in [0.25, 0.3) is 5.91 Å². The van der Waals surface area contributed by atoms with Gasteiger partial charge in [-0.05, 0) is 57.7 Å². The molecule has 6 nitrogen and oxygen atoms in total. The monoisotopic (exact) mass is 398 g/mol. The number of likely N-dealkylation sites (tertiary alicyclic amines) is 1. The molecule has 2 fully saturated rings. The second kappa shape index (κ2) is 8.44. The lowest BCUT2D eigenvalue weighted by Crippen LogP contribution is -2.47. The zero-order valence-electron chi connectivity index (χ0n) is 17.8. The van der Waals surface area contributed by atoms with Crippen molar-refractivity contribution in [2.24, 2.45) is 0 Å². The van der Waals surface area contributed by atoms with E-state index in [1.807, 2.05) is 25.1 Å². The van der Waals surface area contributed by atoms with Gasteiger partial charge in [-0.3, -0.25) is 4.79 Å². The fourth-order valence-electron chi connectivity index (χ4n) is 5.20. The maximum absolute atomic E-state index is 12.1. The van der Waals surface area contributed by atoms with Crippen molar-refractivity contribution < 1.29 is 9.90 Å². The third kappa shape index (κ3) is 4.33. The molecule has 1 aromatic carbocycles. The van der Waals surface area contributed by atoms with Crippen molar-refractivity contribution in [3.8, 4) is 0 Å². The van der Waals surface area contributed by atoms with E-state index >= 15 is 0 Å². The topological polar surface area (TPSA) is 70.4 Å². The Morgan fingerprint density at radius 2 is 1.97 bits per heavy atom. The molecule has 0 atom stereocenters. The van der Waals surface area contributed by atoms with E-state index in [4.69, 9.17) is 4.98 Å². The number of aromatic nitrogens is 2. The molecule has 0 bridgehead atoms. The van der Waals surface area contributed by atoms with Gasteiger partial charge in [0, 0.05) is 37.8 Å². The lowest BCUT2D eigenvalue weighted by Gasteiger charge is -2.40. The van der Waals surface area contributed by atoms with Crippen LogP contribution in [0, 0.1) is 6.92 Å². The van der Waals surface area contributed by atoms with Gasteiger partial charge in [0.1, 0.15) is 5.82 Å². The Bertz CT molecular complexity index is 861. The molecule has 1 saturated carbocycles. The third-order valence-corrected chi connectivity index (χ3v) is 6.69. The van der Waals surface area contributed by atoms with E-state index in [0.29, 0.717) is 18.2 Å². The molecular formula is C23H34N4O2. The van der Waals surface area contributed by atoms with Crippen LogP contribution in [0.15, 0.2) is 18.2 Å². The highest BCUT2D eigenvalue weighted by Crippen LogP contribution is 2.32. The number of carbonyl (C=O) groups is 1. The van der Waals surface area contributed by atoms with Crippen LogP contribution in [0.25, 0.3) is 11.0 Å². The van der Waals surface area contributed by atoms with Gasteiger partial charge in [-0.1, -0.05) is 19.3 Å². The lowest BCUT2D eigenvalue weighted by molar-refractivity contribution is -0.0321. The summed E-state index contributed by atoms with van der Waals surface area (Å²) in [7, 11) is 0. The van der Waals surface area contributed by atoms with Gasteiger partial charge in [0.2, 0.25) is 0 Å². The van der Waals surface area contributed by atoms with Crippen molar-refractivity contribution in [2.45, 2.75) is 70.4 Å². The van der Waals surface area contributed by atoms with E-state index in [0.717, 1.165) is 75.0 Å². The summed E-state index contributed by atoms with van der Waals surface area (Å²) in [5.74, 6) is 0.966. The molecule has 6 heteroatoms. The van der Waals surface area contributed by atoms with Crippen molar-refractivity contribution >= 4 is 16.9 Å². The molecule has 158 valence electrons. The van der Waals surface area contributed by atoms with E-state index in [-0.39, 0.29) is 5.91 Å². The van der Waals surface area contributed by atoms with Gasteiger partial charge in [-0.2, -0.15) is 0 Å². The number of aliphatic hydroxyl groups is 1. The summed E-state index contributed by atoms with van der Waals surface area (Å²) in [6.45, 7) is 7.46. The average Bonchev–Trinajstić information content (AvgIpc) is 3.04. The Labute approximate surface area is 173 Å². The van der Waals surface area contributed by atoms with E-state index in [2.05, 4.69) is 21.7 Å². The quantitative estimate of drug-likeness (QED) is 0.810. The molecule has 1 aliphatic heterocycles. The molecule has 29 heavy (non-hydrogen) atoms. The van der Waals surface area contributed by atoms with Crippen LogP contribution in [0.5, 0.6) is 0 Å². The molecule has 0 radical (unpaired) electrons. The molecule has 2 aromatic rings. The first-order valence-electron chi connectivity index (χ1n) is 11.2. The number of rotatable bonds is 5. The normalized spacial score (nSPS) is 20.8. The highest BCUT2D eigenvalue weighted by atomic mass is 16.3. The SMILES string of the molecule is CCNC(=O)c1ccc2c(c1)nc(C)n2C1CCN(CC2(O)CCCCC2)CC1.